The molecular weight excluding hydrogens is 288 g/mol. The van der Waals surface area contributed by atoms with Crippen LogP contribution in [0.25, 0.3) is 0 Å². The van der Waals surface area contributed by atoms with Gasteiger partial charge in [-0.3, -0.25) is 0 Å². The van der Waals surface area contributed by atoms with Gasteiger partial charge in [-0.1, -0.05) is 24.6 Å². The molecule has 0 spiro atoms. The molecule has 0 bridgehead atoms. The first-order valence-corrected chi connectivity index (χ1v) is 8.16. The van der Waals surface area contributed by atoms with Crippen LogP contribution in [0.15, 0.2) is 24.3 Å². The monoisotopic (exact) mass is 312 g/mol. The zero-order valence-electron chi connectivity index (χ0n) is 14.0. The van der Waals surface area contributed by atoms with Crippen LogP contribution in [0, 0.1) is 19.8 Å². The number of benzene rings is 1. The lowest BCUT2D eigenvalue weighted by atomic mass is 10.0. The summed E-state index contributed by atoms with van der Waals surface area (Å²) in [6, 6.07) is 7.86. The molecule has 0 amide bonds. The summed E-state index contributed by atoms with van der Waals surface area (Å²) in [7, 11) is 0. The standard InChI is InChI=1S/C18H24N4O/c1-12-6-8-15(9-7-12)23-18-16(19)17(20-14(3)21-18)22-10-4-5-13(2)11-22/h6-9,13H,4-5,10-11,19H2,1-3H3. The fraction of sp³-hybridized carbons (Fsp3) is 0.444. The number of nitrogens with two attached hydrogens (primary N) is 1. The molecule has 1 aliphatic heterocycles. The third-order valence-electron chi connectivity index (χ3n) is 4.19. The Bertz CT molecular complexity index is 684. The number of piperidine rings is 1. The van der Waals surface area contributed by atoms with Gasteiger partial charge in [0.1, 0.15) is 17.3 Å². The Morgan fingerprint density at radius 3 is 2.61 bits per heavy atom. The van der Waals surface area contributed by atoms with Gasteiger partial charge < -0.3 is 15.4 Å². The van der Waals surface area contributed by atoms with E-state index < -0.39 is 0 Å². The van der Waals surface area contributed by atoms with Crippen LogP contribution in [0.1, 0.15) is 31.2 Å². The van der Waals surface area contributed by atoms with Crippen molar-refractivity contribution in [2.45, 2.75) is 33.6 Å². The molecule has 1 saturated heterocycles. The molecule has 3 rings (SSSR count). The van der Waals surface area contributed by atoms with Crippen LogP contribution in [-0.2, 0) is 0 Å². The van der Waals surface area contributed by atoms with Crippen LogP contribution in [0.3, 0.4) is 0 Å². The maximum atomic E-state index is 6.31. The van der Waals surface area contributed by atoms with Gasteiger partial charge in [0.05, 0.1) is 0 Å². The molecule has 2 heterocycles. The molecule has 23 heavy (non-hydrogen) atoms. The summed E-state index contributed by atoms with van der Waals surface area (Å²) >= 11 is 0. The molecule has 0 aliphatic carbocycles. The number of hydrogen-bond donors (Lipinski definition) is 1. The lowest BCUT2D eigenvalue weighted by Crippen LogP contribution is -2.35. The summed E-state index contributed by atoms with van der Waals surface area (Å²) < 4.78 is 5.90. The maximum absolute atomic E-state index is 6.31. The van der Waals surface area contributed by atoms with Crippen LogP contribution in [-0.4, -0.2) is 23.1 Å². The Hall–Kier alpha value is -2.30. The van der Waals surface area contributed by atoms with Crippen molar-refractivity contribution in [3.8, 4) is 11.6 Å². The van der Waals surface area contributed by atoms with E-state index in [0.29, 0.717) is 23.3 Å². The average Bonchev–Trinajstić information content (AvgIpc) is 2.52. The Balaban J connectivity index is 1.90. The van der Waals surface area contributed by atoms with E-state index in [9.17, 15) is 0 Å². The van der Waals surface area contributed by atoms with Crippen molar-refractivity contribution in [1.82, 2.24) is 9.97 Å². The highest BCUT2D eigenvalue weighted by atomic mass is 16.5. The van der Waals surface area contributed by atoms with Crippen molar-refractivity contribution in [2.24, 2.45) is 5.92 Å². The van der Waals surface area contributed by atoms with E-state index in [4.69, 9.17) is 10.5 Å². The van der Waals surface area contributed by atoms with Gasteiger partial charge in [-0.2, -0.15) is 4.98 Å². The first-order chi connectivity index (χ1) is 11.0. The van der Waals surface area contributed by atoms with E-state index in [0.717, 1.165) is 31.1 Å². The van der Waals surface area contributed by atoms with Gasteiger partial charge in [0, 0.05) is 13.1 Å². The predicted molar refractivity (Wildman–Crippen MR) is 93.0 cm³/mol. The van der Waals surface area contributed by atoms with E-state index in [2.05, 4.69) is 21.8 Å². The third-order valence-corrected chi connectivity index (χ3v) is 4.19. The number of aromatic nitrogens is 2. The highest BCUT2D eigenvalue weighted by Gasteiger charge is 2.22. The molecule has 1 fully saturated rings. The number of nitrogen functional groups attached to an aromatic ring is 1. The zero-order valence-corrected chi connectivity index (χ0v) is 14.0. The molecule has 2 aromatic rings. The zero-order chi connectivity index (χ0) is 16.4. The quantitative estimate of drug-likeness (QED) is 0.936. The van der Waals surface area contributed by atoms with Gasteiger partial charge in [-0.15, -0.1) is 0 Å². The molecule has 0 radical (unpaired) electrons. The van der Waals surface area contributed by atoms with E-state index >= 15 is 0 Å². The lowest BCUT2D eigenvalue weighted by Gasteiger charge is -2.32. The van der Waals surface area contributed by atoms with E-state index in [-0.39, 0.29) is 0 Å². The largest absolute Gasteiger partial charge is 0.437 e. The predicted octanol–water partition coefficient (Wildman–Crippen LogP) is 3.70. The average molecular weight is 312 g/mol. The van der Waals surface area contributed by atoms with Crippen LogP contribution >= 0.6 is 0 Å². The van der Waals surface area contributed by atoms with Gasteiger partial charge >= 0.3 is 0 Å². The molecule has 0 saturated carbocycles. The number of aryl methyl sites for hydroxylation is 2. The topological polar surface area (TPSA) is 64.3 Å². The van der Waals surface area contributed by atoms with Gasteiger partial charge in [0.2, 0.25) is 5.88 Å². The van der Waals surface area contributed by atoms with E-state index in [1.54, 1.807) is 0 Å². The minimum absolute atomic E-state index is 0.439. The van der Waals surface area contributed by atoms with Crippen molar-refractivity contribution >= 4 is 11.5 Å². The van der Waals surface area contributed by atoms with E-state index in [1.165, 1.54) is 12.0 Å². The highest BCUT2D eigenvalue weighted by molar-refractivity contribution is 5.69. The van der Waals surface area contributed by atoms with Gasteiger partial charge in [0.25, 0.3) is 0 Å². The summed E-state index contributed by atoms with van der Waals surface area (Å²) in [4.78, 5) is 11.2. The maximum Gasteiger partial charge on any atom is 0.248 e. The van der Waals surface area contributed by atoms with Crippen LogP contribution in [0.5, 0.6) is 11.6 Å². The normalized spacial score (nSPS) is 18.0. The Kier molecular flexibility index (Phi) is 4.37. The van der Waals surface area contributed by atoms with Gasteiger partial charge in [0.15, 0.2) is 5.82 Å². The molecule has 122 valence electrons. The Morgan fingerprint density at radius 1 is 1.17 bits per heavy atom. The molecule has 5 heteroatoms. The first-order valence-electron chi connectivity index (χ1n) is 8.16. The number of hydrogen-bond acceptors (Lipinski definition) is 5. The summed E-state index contributed by atoms with van der Waals surface area (Å²) in [5.74, 6) is 3.30. The minimum atomic E-state index is 0.439. The molecule has 2 N–H and O–H groups in total. The van der Waals surface area contributed by atoms with Crippen molar-refractivity contribution in [2.75, 3.05) is 23.7 Å². The molecule has 1 aromatic heterocycles. The number of rotatable bonds is 3. The van der Waals surface area contributed by atoms with Crippen molar-refractivity contribution < 1.29 is 4.74 Å². The molecular formula is C18H24N4O. The SMILES string of the molecule is Cc1ccc(Oc2nc(C)nc(N3CCCC(C)C3)c2N)cc1. The second-order valence-electron chi connectivity index (χ2n) is 6.42. The minimum Gasteiger partial charge on any atom is -0.437 e. The number of anilines is 2. The van der Waals surface area contributed by atoms with Gasteiger partial charge in [-0.05, 0) is 44.7 Å². The highest BCUT2D eigenvalue weighted by Crippen LogP contribution is 2.34. The number of nitrogens with zero attached hydrogens (tertiary/aromatic N) is 3. The summed E-state index contributed by atoms with van der Waals surface area (Å²) in [5, 5.41) is 0. The van der Waals surface area contributed by atoms with E-state index in [1.807, 2.05) is 38.1 Å². The van der Waals surface area contributed by atoms with Crippen molar-refractivity contribution in [3.63, 3.8) is 0 Å². The molecule has 1 unspecified atom stereocenters. The van der Waals surface area contributed by atoms with Crippen LogP contribution in [0.4, 0.5) is 11.5 Å². The molecule has 5 nitrogen and oxygen atoms in total. The fourth-order valence-corrected chi connectivity index (χ4v) is 2.96. The second-order valence-corrected chi connectivity index (χ2v) is 6.42. The third kappa shape index (κ3) is 3.55. The summed E-state index contributed by atoms with van der Waals surface area (Å²) in [5.41, 5.74) is 8.02. The Labute approximate surface area is 137 Å². The van der Waals surface area contributed by atoms with Gasteiger partial charge in [-0.25, -0.2) is 4.98 Å². The van der Waals surface area contributed by atoms with Crippen molar-refractivity contribution in [1.29, 1.82) is 0 Å². The fourth-order valence-electron chi connectivity index (χ4n) is 2.96. The first kappa shape index (κ1) is 15.6. The van der Waals surface area contributed by atoms with Crippen LogP contribution < -0.4 is 15.4 Å². The summed E-state index contributed by atoms with van der Waals surface area (Å²) in [6.07, 6.45) is 2.42. The Morgan fingerprint density at radius 2 is 1.91 bits per heavy atom. The molecule has 1 aliphatic rings. The lowest BCUT2D eigenvalue weighted by molar-refractivity contribution is 0.440. The van der Waals surface area contributed by atoms with Crippen LogP contribution in [0.2, 0.25) is 0 Å². The summed E-state index contributed by atoms with van der Waals surface area (Å²) in [6.45, 7) is 8.14. The second kappa shape index (κ2) is 6.44. The molecule has 1 aromatic carbocycles. The van der Waals surface area contributed by atoms with Crippen molar-refractivity contribution in [3.05, 3.63) is 35.7 Å². The smallest absolute Gasteiger partial charge is 0.248 e. The molecule has 1 atom stereocenters. The number of ether oxygens (including phenoxy) is 1.